The molecule has 1 aromatic heterocycles. The summed E-state index contributed by atoms with van der Waals surface area (Å²) in [5.41, 5.74) is 3.24. The number of aryl methyl sites for hydroxylation is 1. The zero-order chi connectivity index (χ0) is 9.97. The lowest BCUT2D eigenvalue weighted by atomic mass is 10.3. The van der Waals surface area contributed by atoms with E-state index < -0.39 is 0 Å². The van der Waals surface area contributed by atoms with Crippen LogP contribution >= 0.6 is 22.6 Å². The molecule has 2 aromatic rings. The van der Waals surface area contributed by atoms with E-state index in [0.717, 1.165) is 21.5 Å². The highest BCUT2D eigenvalue weighted by atomic mass is 127. The van der Waals surface area contributed by atoms with E-state index in [1.807, 2.05) is 41.9 Å². The van der Waals surface area contributed by atoms with Crippen molar-refractivity contribution >= 4 is 22.6 Å². The molecule has 0 bridgehead atoms. The second-order valence-electron chi connectivity index (χ2n) is 3.00. The third kappa shape index (κ3) is 1.66. The first-order chi connectivity index (χ1) is 6.83. The van der Waals surface area contributed by atoms with E-state index >= 15 is 0 Å². The van der Waals surface area contributed by atoms with E-state index in [-0.39, 0.29) is 0 Å². The van der Waals surface area contributed by atoms with E-state index in [4.69, 9.17) is 0 Å². The van der Waals surface area contributed by atoms with Gasteiger partial charge in [-0.05, 0) is 19.1 Å². The summed E-state index contributed by atoms with van der Waals surface area (Å²) in [4.78, 5) is 0. The fourth-order valence-corrected chi connectivity index (χ4v) is 2.18. The van der Waals surface area contributed by atoms with Crippen molar-refractivity contribution in [2.45, 2.75) is 11.4 Å². The summed E-state index contributed by atoms with van der Waals surface area (Å²) >= 11 is 2.33. The minimum absolute atomic E-state index is 0.922. The quantitative estimate of drug-likeness (QED) is 0.630. The number of halogens is 1. The molecule has 0 spiro atoms. The van der Waals surface area contributed by atoms with Crippen LogP contribution in [0.3, 0.4) is 0 Å². The minimum atomic E-state index is 0.922. The van der Waals surface area contributed by atoms with Gasteiger partial charge < -0.3 is 0 Å². The van der Waals surface area contributed by atoms with Crippen LogP contribution in [0.15, 0.2) is 30.3 Å². The van der Waals surface area contributed by atoms with Gasteiger partial charge in [-0.15, -0.1) is 5.10 Å². The Morgan fingerprint density at radius 2 is 2.00 bits per heavy atom. The minimum Gasteiger partial charge on any atom is -0.217 e. The summed E-state index contributed by atoms with van der Waals surface area (Å²) < 4.78 is 2.81. The van der Waals surface area contributed by atoms with E-state index in [9.17, 15) is 0 Å². The predicted octanol–water partition coefficient (Wildman–Crippen LogP) is 2.51. The Bertz CT molecular complexity index is 422. The van der Waals surface area contributed by atoms with Crippen LogP contribution in [0.4, 0.5) is 0 Å². The highest BCUT2D eigenvalue weighted by Crippen LogP contribution is 2.14. The Morgan fingerprint density at radius 1 is 1.29 bits per heavy atom. The molecule has 0 fully saturated rings. The van der Waals surface area contributed by atoms with E-state index in [1.165, 1.54) is 0 Å². The van der Waals surface area contributed by atoms with Crippen LogP contribution < -0.4 is 0 Å². The topological polar surface area (TPSA) is 30.7 Å². The molecule has 0 radical (unpaired) electrons. The normalized spacial score (nSPS) is 10.4. The Labute approximate surface area is 96.3 Å². The molecule has 72 valence electrons. The van der Waals surface area contributed by atoms with Crippen molar-refractivity contribution in [3.63, 3.8) is 0 Å². The molecule has 0 saturated heterocycles. The molecule has 1 aromatic carbocycles. The highest BCUT2D eigenvalue weighted by molar-refractivity contribution is 14.1. The van der Waals surface area contributed by atoms with Gasteiger partial charge in [0, 0.05) is 4.43 Å². The number of nitrogens with zero attached hydrogens (tertiary/aromatic N) is 3. The number of benzene rings is 1. The van der Waals surface area contributed by atoms with Gasteiger partial charge in [-0.25, -0.2) is 4.68 Å². The van der Waals surface area contributed by atoms with Crippen LogP contribution in [-0.4, -0.2) is 15.0 Å². The Balaban J connectivity index is 2.52. The molecule has 0 saturated carbocycles. The van der Waals surface area contributed by atoms with Crippen molar-refractivity contribution in [2.75, 3.05) is 0 Å². The number of para-hydroxylation sites is 1. The predicted molar refractivity (Wildman–Crippen MR) is 63.8 cm³/mol. The second-order valence-corrected chi connectivity index (χ2v) is 3.77. The molecule has 0 aliphatic carbocycles. The number of aromatic nitrogens is 3. The summed E-state index contributed by atoms with van der Waals surface area (Å²) in [6.45, 7) is 1.99. The van der Waals surface area contributed by atoms with Gasteiger partial charge >= 0.3 is 0 Å². The zero-order valence-corrected chi connectivity index (χ0v) is 9.97. The number of hydrogen-bond acceptors (Lipinski definition) is 2. The number of hydrogen-bond donors (Lipinski definition) is 0. The SMILES string of the molecule is Cc1nnn(-c2ccccc2)c1CI. The van der Waals surface area contributed by atoms with Gasteiger partial charge in [-0.3, -0.25) is 0 Å². The average Bonchev–Trinajstić information content (AvgIpc) is 2.61. The monoisotopic (exact) mass is 299 g/mol. The summed E-state index contributed by atoms with van der Waals surface area (Å²) in [6.07, 6.45) is 0. The van der Waals surface area contributed by atoms with Crippen LogP contribution in [0, 0.1) is 6.92 Å². The van der Waals surface area contributed by atoms with Crippen LogP contribution in [0.2, 0.25) is 0 Å². The third-order valence-electron chi connectivity index (χ3n) is 2.08. The zero-order valence-electron chi connectivity index (χ0n) is 7.81. The Hall–Kier alpha value is -0.910. The van der Waals surface area contributed by atoms with Gasteiger partial charge in [-0.2, -0.15) is 0 Å². The molecule has 0 aliphatic rings. The molecule has 0 aliphatic heterocycles. The maximum Gasteiger partial charge on any atom is 0.0841 e. The molecular formula is C10H10IN3. The van der Waals surface area contributed by atoms with Crippen LogP contribution in [0.5, 0.6) is 0 Å². The first-order valence-electron chi connectivity index (χ1n) is 4.35. The maximum absolute atomic E-state index is 4.12. The van der Waals surface area contributed by atoms with Crippen molar-refractivity contribution in [1.82, 2.24) is 15.0 Å². The summed E-state index contributed by atoms with van der Waals surface area (Å²) in [5.74, 6) is 0. The Morgan fingerprint density at radius 3 is 2.64 bits per heavy atom. The van der Waals surface area contributed by atoms with Crippen molar-refractivity contribution in [2.24, 2.45) is 0 Å². The fourth-order valence-electron chi connectivity index (χ4n) is 1.31. The van der Waals surface area contributed by atoms with Gasteiger partial charge in [0.2, 0.25) is 0 Å². The average molecular weight is 299 g/mol. The van der Waals surface area contributed by atoms with Crippen molar-refractivity contribution in [3.05, 3.63) is 41.7 Å². The lowest BCUT2D eigenvalue weighted by molar-refractivity contribution is 0.783. The van der Waals surface area contributed by atoms with Crippen LogP contribution in [0.25, 0.3) is 5.69 Å². The summed E-state index contributed by atoms with van der Waals surface area (Å²) in [6, 6.07) is 10.1. The Kier molecular flexibility index (Phi) is 2.81. The summed E-state index contributed by atoms with van der Waals surface area (Å²) in [7, 11) is 0. The van der Waals surface area contributed by atoms with Crippen LogP contribution in [0.1, 0.15) is 11.4 Å². The molecule has 2 rings (SSSR count). The first kappa shape index (κ1) is 9.64. The van der Waals surface area contributed by atoms with Crippen molar-refractivity contribution in [1.29, 1.82) is 0 Å². The molecule has 14 heavy (non-hydrogen) atoms. The highest BCUT2D eigenvalue weighted by Gasteiger charge is 2.08. The van der Waals surface area contributed by atoms with Gasteiger partial charge in [0.15, 0.2) is 0 Å². The van der Waals surface area contributed by atoms with Crippen LogP contribution in [-0.2, 0) is 4.43 Å². The lowest BCUT2D eigenvalue weighted by Gasteiger charge is -2.03. The largest absolute Gasteiger partial charge is 0.217 e. The molecule has 4 heteroatoms. The number of rotatable bonds is 2. The maximum atomic E-state index is 4.12. The molecule has 0 atom stereocenters. The van der Waals surface area contributed by atoms with Crippen molar-refractivity contribution < 1.29 is 0 Å². The summed E-state index contributed by atoms with van der Waals surface area (Å²) in [5, 5.41) is 8.19. The van der Waals surface area contributed by atoms with Gasteiger partial charge in [0.1, 0.15) is 0 Å². The molecule has 0 amide bonds. The van der Waals surface area contributed by atoms with E-state index in [1.54, 1.807) is 0 Å². The number of alkyl halides is 1. The van der Waals surface area contributed by atoms with E-state index in [2.05, 4.69) is 32.9 Å². The molecule has 1 heterocycles. The smallest absolute Gasteiger partial charge is 0.0841 e. The van der Waals surface area contributed by atoms with Gasteiger partial charge in [-0.1, -0.05) is 46.0 Å². The second kappa shape index (κ2) is 4.08. The standard InChI is InChI=1S/C10H10IN3/c1-8-10(7-11)14(13-12-8)9-5-3-2-4-6-9/h2-6H,7H2,1H3. The molecular weight excluding hydrogens is 289 g/mol. The van der Waals surface area contributed by atoms with Gasteiger partial charge in [0.05, 0.1) is 17.1 Å². The van der Waals surface area contributed by atoms with Gasteiger partial charge in [0.25, 0.3) is 0 Å². The third-order valence-corrected chi connectivity index (χ3v) is 2.81. The van der Waals surface area contributed by atoms with Crippen molar-refractivity contribution in [3.8, 4) is 5.69 Å². The molecule has 0 unspecified atom stereocenters. The molecule has 0 N–H and O–H groups in total. The molecule has 3 nitrogen and oxygen atoms in total. The van der Waals surface area contributed by atoms with E-state index in [0.29, 0.717) is 0 Å². The lowest BCUT2D eigenvalue weighted by Crippen LogP contribution is -2.00. The fraction of sp³-hybridized carbons (Fsp3) is 0.200. The first-order valence-corrected chi connectivity index (χ1v) is 5.88.